The summed E-state index contributed by atoms with van der Waals surface area (Å²) >= 11 is 0. The molecule has 1 nitrogen and oxygen atoms in total. The molecule has 0 bridgehead atoms. The van der Waals surface area contributed by atoms with Crippen molar-refractivity contribution in [2.75, 3.05) is 20.6 Å². The van der Waals surface area contributed by atoms with Crippen LogP contribution in [0.15, 0.2) is 48.6 Å². The Morgan fingerprint density at radius 1 is 0.500 bits per heavy atom. The lowest BCUT2D eigenvalue weighted by Gasteiger charge is -2.30. The van der Waals surface area contributed by atoms with Crippen LogP contribution in [-0.4, -0.2) is 25.5 Å². The Labute approximate surface area is 291 Å². The third-order valence-corrected chi connectivity index (χ3v) is 10.6. The van der Waals surface area contributed by atoms with E-state index in [0.29, 0.717) is 5.41 Å². The zero-order valence-electron chi connectivity index (χ0n) is 32.1. The van der Waals surface area contributed by atoms with Crippen LogP contribution in [0, 0.1) is 11.3 Å². The van der Waals surface area contributed by atoms with Crippen LogP contribution < -0.4 is 0 Å². The van der Waals surface area contributed by atoms with Crippen molar-refractivity contribution in [3.05, 3.63) is 48.6 Å². The summed E-state index contributed by atoms with van der Waals surface area (Å²) in [6.07, 6.45) is 60.7. The summed E-state index contributed by atoms with van der Waals surface area (Å²) in [6, 6.07) is 0. The second kappa shape index (κ2) is 32.5. The molecule has 268 valence electrons. The minimum atomic E-state index is 0.682. The van der Waals surface area contributed by atoms with Gasteiger partial charge in [0.2, 0.25) is 0 Å². The molecule has 1 saturated carbocycles. The molecule has 46 heavy (non-hydrogen) atoms. The normalized spacial score (nSPS) is 16.9. The first kappa shape index (κ1) is 42.9. The highest BCUT2D eigenvalue weighted by atomic mass is 15.0. The predicted octanol–water partition coefficient (Wildman–Crippen LogP) is 15.1. The number of hydrogen-bond acceptors (Lipinski definition) is 1. The van der Waals surface area contributed by atoms with Gasteiger partial charge in [0.05, 0.1) is 0 Å². The Morgan fingerprint density at radius 3 is 1.30 bits per heavy atom. The number of rotatable bonds is 33. The minimum absolute atomic E-state index is 0.682. The molecule has 0 aromatic carbocycles. The first-order chi connectivity index (χ1) is 22.6. The predicted molar refractivity (Wildman–Crippen MR) is 211 cm³/mol. The molecule has 0 N–H and O–H groups in total. The molecule has 0 aliphatic heterocycles. The molecule has 1 heteroatoms. The van der Waals surface area contributed by atoms with Crippen molar-refractivity contribution >= 4 is 0 Å². The molecule has 0 aromatic heterocycles. The summed E-state index contributed by atoms with van der Waals surface area (Å²) in [7, 11) is 4.49. The Hall–Kier alpha value is -1.08. The standard InChI is InChI=1S/C45H83N/c1-5-7-9-11-13-15-17-19-21-23-25-27-29-31-33-35-39-45(41-37-44(43-45)38-42-46(3)4)40-36-34-32-30-28-26-24-22-20-18-16-14-12-10-8-6-2/h13-16,19-22,44H,5-12,17-18,23-43H2,1-4H3/b15-13-,16-14-,21-19-,22-20-. The fourth-order valence-corrected chi connectivity index (χ4v) is 7.57. The van der Waals surface area contributed by atoms with Gasteiger partial charge in [-0.05, 0) is 135 Å². The topological polar surface area (TPSA) is 3.24 Å². The monoisotopic (exact) mass is 638 g/mol. The lowest BCUT2D eigenvalue weighted by Crippen LogP contribution is -2.19. The van der Waals surface area contributed by atoms with Crippen molar-refractivity contribution in [1.29, 1.82) is 0 Å². The summed E-state index contributed by atoms with van der Waals surface area (Å²) in [4.78, 5) is 2.39. The van der Waals surface area contributed by atoms with Crippen LogP contribution in [0.2, 0.25) is 0 Å². The van der Waals surface area contributed by atoms with Gasteiger partial charge < -0.3 is 4.90 Å². The third kappa shape index (κ3) is 26.9. The van der Waals surface area contributed by atoms with E-state index in [1.54, 1.807) is 0 Å². The van der Waals surface area contributed by atoms with Crippen LogP contribution in [0.3, 0.4) is 0 Å². The molecule has 1 aliphatic rings. The second-order valence-corrected chi connectivity index (χ2v) is 15.4. The van der Waals surface area contributed by atoms with E-state index in [9.17, 15) is 0 Å². The first-order valence-electron chi connectivity index (χ1n) is 20.9. The van der Waals surface area contributed by atoms with Crippen LogP contribution in [-0.2, 0) is 0 Å². The molecular formula is C45H83N. The molecule has 0 heterocycles. The maximum absolute atomic E-state index is 2.42. The highest BCUT2D eigenvalue weighted by molar-refractivity contribution is 4.94. The van der Waals surface area contributed by atoms with Gasteiger partial charge in [-0.15, -0.1) is 0 Å². The fraction of sp³-hybridized carbons (Fsp3) is 0.822. The molecule has 0 saturated heterocycles. The van der Waals surface area contributed by atoms with Crippen LogP contribution >= 0.6 is 0 Å². The maximum Gasteiger partial charge on any atom is -0.00222 e. The van der Waals surface area contributed by atoms with Gasteiger partial charge in [0.1, 0.15) is 0 Å². The minimum Gasteiger partial charge on any atom is -0.309 e. The van der Waals surface area contributed by atoms with Crippen molar-refractivity contribution in [2.24, 2.45) is 11.3 Å². The van der Waals surface area contributed by atoms with Crippen molar-refractivity contribution in [3.63, 3.8) is 0 Å². The molecule has 1 aliphatic carbocycles. The Balaban J connectivity index is 2.16. The summed E-state index contributed by atoms with van der Waals surface area (Å²) in [5, 5.41) is 0. The Kier molecular flexibility index (Phi) is 30.3. The smallest absolute Gasteiger partial charge is 0.00222 e. The van der Waals surface area contributed by atoms with Gasteiger partial charge in [-0.2, -0.15) is 0 Å². The van der Waals surface area contributed by atoms with Gasteiger partial charge in [-0.3, -0.25) is 0 Å². The van der Waals surface area contributed by atoms with Gasteiger partial charge in [0.25, 0.3) is 0 Å². The molecule has 0 spiro atoms. The van der Waals surface area contributed by atoms with E-state index in [0.717, 1.165) is 18.8 Å². The lowest BCUT2D eigenvalue weighted by molar-refractivity contribution is 0.215. The summed E-state index contributed by atoms with van der Waals surface area (Å²) in [5.41, 5.74) is 0.682. The highest BCUT2D eigenvalue weighted by Crippen LogP contribution is 2.50. The van der Waals surface area contributed by atoms with Crippen LogP contribution in [0.4, 0.5) is 0 Å². The average Bonchev–Trinajstić information content (AvgIpc) is 3.46. The maximum atomic E-state index is 2.42. The van der Waals surface area contributed by atoms with E-state index in [1.165, 1.54) is 186 Å². The van der Waals surface area contributed by atoms with Crippen LogP contribution in [0.25, 0.3) is 0 Å². The van der Waals surface area contributed by atoms with Gasteiger partial charge in [0, 0.05) is 0 Å². The van der Waals surface area contributed by atoms with E-state index in [4.69, 9.17) is 0 Å². The zero-order chi connectivity index (χ0) is 33.2. The summed E-state index contributed by atoms with van der Waals surface area (Å²) in [5.74, 6) is 0.983. The van der Waals surface area contributed by atoms with Gasteiger partial charge >= 0.3 is 0 Å². The SMILES string of the molecule is CCCCC/C=C\C/C=C\CCCCCCCCC1(CCCCCCCC/C=C\C/C=C\CCCCC)CCC(CCN(C)C)C1. The summed E-state index contributed by atoms with van der Waals surface area (Å²) in [6.45, 7) is 5.83. The third-order valence-electron chi connectivity index (χ3n) is 10.6. The number of nitrogens with zero attached hydrogens (tertiary/aromatic N) is 1. The molecular weight excluding hydrogens is 555 g/mol. The summed E-state index contributed by atoms with van der Waals surface area (Å²) < 4.78 is 0. The van der Waals surface area contributed by atoms with Crippen LogP contribution in [0.5, 0.6) is 0 Å². The second-order valence-electron chi connectivity index (χ2n) is 15.4. The van der Waals surface area contributed by atoms with Crippen molar-refractivity contribution < 1.29 is 0 Å². The number of hydrogen-bond donors (Lipinski definition) is 0. The zero-order valence-corrected chi connectivity index (χ0v) is 32.1. The largest absolute Gasteiger partial charge is 0.309 e. The molecule has 0 radical (unpaired) electrons. The van der Waals surface area contributed by atoms with Gasteiger partial charge in [-0.25, -0.2) is 0 Å². The van der Waals surface area contributed by atoms with E-state index >= 15 is 0 Å². The van der Waals surface area contributed by atoms with Crippen molar-refractivity contribution in [2.45, 2.75) is 206 Å². The molecule has 1 unspecified atom stereocenters. The van der Waals surface area contributed by atoms with Gasteiger partial charge in [0.15, 0.2) is 0 Å². The van der Waals surface area contributed by atoms with E-state index in [1.807, 2.05) is 0 Å². The number of unbranched alkanes of at least 4 members (excludes halogenated alkanes) is 18. The molecule has 1 rings (SSSR count). The Morgan fingerprint density at radius 2 is 0.891 bits per heavy atom. The molecule has 1 fully saturated rings. The lowest BCUT2D eigenvalue weighted by atomic mass is 9.75. The van der Waals surface area contributed by atoms with Crippen molar-refractivity contribution in [3.8, 4) is 0 Å². The van der Waals surface area contributed by atoms with Gasteiger partial charge in [-0.1, -0.05) is 152 Å². The quantitative estimate of drug-likeness (QED) is 0.0511. The molecule has 1 atom stereocenters. The van der Waals surface area contributed by atoms with E-state index in [-0.39, 0.29) is 0 Å². The average molecular weight is 638 g/mol. The molecule has 0 amide bonds. The van der Waals surface area contributed by atoms with E-state index < -0.39 is 0 Å². The highest BCUT2D eigenvalue weighted by Gasteiger charge is 2.37. The Bertz CT molecular complexity index is 692. The molecule has 0 aromatic rings. The fourth-order valence-electron chi connectivity index (χ4n) is 7.57. The van der Waals surface area contributed by atoms with Crippen molar-refractivity contribution in [1.82, 2.24) is 4.90 Å². The number of allylic oxidation sites excluding steroid dienone is 8. The van der Waals surface area contributed by atoms with Crippen LogP contribution in [0.1, 0.15) is 206 Å². The van der Waals surface area contributed by atoms with E-state index in [2.05, 4.69) is 81.5 Å². The first-order valence-corrected chi connectivity index (χ1v) is 20.9.